The molecular weight excluding hydrogens is 553 g/mol. The number of phosphoric ester groups is 1. The molecule has 0 spiro atoms. The minimum Gasteiger partial charge on any atom is -0.386 e. The Bertz CT molecular complexity index is 1420. The average Bonchev–Trinajstić information content (AvgIpc) is 3.18. The number of nitrogens with zero attached hydrogens (tertiary/aromatic N) is 2. The second-order valence-corrected chi connectivity index (χ2v) is 11.8. The molecule has 0 amide bonds. The number of hydrogen-bond acceptors (Lipinski definition) is 12. The monoisotopic (exact) mass is 574 g/mol. The lowest BCUT2D eigenvalue weighted by atomic mass is 9.93. The van der Waals surface area contributed by atoms with Gasteiger partial charge in [0.1, 0.15) is 12.2 Å². The summed E-state index contributed by atoms with van der Waals surface area (Å²) in [5.41, 5.74) is 2.50. The minimum atomic E-state index is -5.80. The summed E-state index contributed by atoms with van der Waals surface area (Å²) in [6, 6.07) is 1.32. The third-order valence-corrected chi connectivity index (χ3v) is 8.71. The zero-order valence-corrected chi connectivity index (χ0v) is 20.9. The molecular formula is C15H21N4O14P3. The van der Waals surface area contributed by atoms with E-state index in [0.29, 0.717) is 0 Å². The number of anilines is 1. The summed E-state index contributed by atoms with van der Waals surface area (Å²) in [5, 5.41) is 22.1. The normalized spacial score (nSPS) is 28.7. The molecule has 0 aromatic carbocycles. The summed E-state index contributed by atoms with van der Waals surface area (Å²) in [6.07, 6.45) is -5.61. The smallest absolute Gasteiger partial charge is 0.386 e. The number of rotatable bonds is 8. The number of aromatic nitrogens is 3. The number of aromatic amines is 1. The van der Waals surface area contributed by atoms with Crippen LogP contribution >= 0.6 is 23.5 Å². The van der Waals surface area contributed by atoms with Crippen LogP contribution in [0.1, 0.15) is 20.1 Å². The van der Waals surface area contributed by atoms with Crippen LogP contribution in [0.25, 0.3) is 11.0 Å². The van der Waals surface area contributed by atoms with Gasteiger partial charge in [-0.15, -0.1) is 5.92 Å². The number of hydrogen-bond donors (Lipinski definition) is 8. The van der Waals surface area contributed by atoms with Crippen molar-refractivity contribution in [1.82, 2.24) is 14.5 Å². The van der Waals surface area contributed by atoms with Gasteiger partial charge in [-0.05, 0) is 19.9 Å². The largest absolute Gasteiger partial charge is 0.490 e. The molecule has 2 aromatic rings. The van der Waals surface area contributed by atoms with Gasteiger partial charge in [-0.2, -0.15) is 13.6 Å². The molecule has 2 aromatic heterocycles. The molecule has 3 rings (SSSR count). The summed E-state index contributed by atoms with van der Waals surface area (Å²) in [7, 11) is -17.0. The fraction of sp³-hybridized carbons (Fsp3) is 0.467. The number of nitrogens with two attached hydrogens (primary N) is 1. The van der Waals surface area contributed by atoms with Crippen LogP contribution < -0.4 is 11.3 Å². The number of aliphatic hydroxyl groups excluding tert-OH is 1. The van der Waals surface area contributed by atoms with Crippen molar-refractivity contribution >= 4 is 40.4 Å². The Balaban J connectivity index is 1.92. The topological polar surface area (TPSA) is 286 Å². The summed E-state index contributed by atoms with van der Waals surface area (Å²) in [5.74, 6) is 4.51. The highest BCUT2D eigenvalue weighted by molar-refractivity contribution is 7.66. The van der Waals surface area contributed by atoms with Gasteiger partial charge in [-0.1, -0.05) is 5.92 Å². The Morgan fingerprint density at radius 1 is 1.25 bits per heavy atom. The predicted octanol–water partition coefficient (Wildman–Crippen LogP) is -0.949. The third-order valence-electron chi connectivity index (χ3n) is 4.78. The van der Waals surface area contributed by atoms with E-state index in [-0.39, 0.29) is 17.0 Å². The molecule has 18 nitrogen and oxygen atoms in total. The van der Waals surface area contributed by atoms with E-state index in [1.165, 1.54) is 19.2 Å². The lowest BCUT2D eigenvalue weighted by Gasteiger charge is -2.27. The van der Waals surface area contributed by atoms with Gasteiger partial charge in [-0.25, -0.2) is 13.7 Å². The molecule has 9 N–H and O–H groups in total. The number of nitrogen functional groups attached to an aromatic ring is 1. The van der Waals surface area contributed by atoms with E-state index in [4.69, 9.17) is 20.3 Å². The number of phosphoric acid groups is 3. The van der Waals surface area contributed by atoms with Crippen molar-refractivity contribution in [3.05, 3.63) is 22.6 Å². The van der Waals surface area contributed by atoms with Crippen LogP contribution in [-0.2, 0) is 31.6 Å². The minimum absolute atomic E-state index is 0.0406. The highest BCUT2D eigenvalue weighted by atomic mass is 31.3. The van der Waals surface area contributed by atoms with Gasteiger partial charge in [0.05, 0.1) is 11.5 Å². The van der Waals surface area contributed by atoms with Gasteiger partial charge >= 0.3 is 23.5 Å². The first kappa shape index (κ1) is 28.6. The van der Waals surface area contributed by atoms with Crippen LogP contribution in [0.5, 0.6) is 0 Å². The predicted molar refractivity (Wildman–Crippen MR) is 117 cm³/mol. The van der Waals surface area contributed by atoms with E-state index in [1.54, 1.807) is 0 Å². The van der Waals surface area contributed by atoms with Crippen molar-refractivity contribution < 1.29 is 61.4 Å². The Labute approximate surface area is 201 Å². The van der Waals surface area contributed by atoms with E-state index < -0.39 is 59.2 Å². The van der Waals surface area contributed by atoms with Crippen molar-refractivity contribution in [3.63, 3.8) is 0 Å². The quantitative estimate of drug-likeness (QED) is 0.139. The molecule has 3 unspecified atom stereocenters. The van der Waals surface area contributed by atoms with Crippen molar-refractivity contribution in [1.29, 1.82) is 0 Å². The molecule has 0 aliphatic carbocycles. The van der Waals surface area contributed by atoms with Gasteiger partial charge < -0.3 is 44.8 Å². The number of nitrogens with one attached hydrogen (secondary N) is 1. The molecule has 0 radical (unpaired) electrons. The molecule has 3 heterocycles. The SMILES string of the molecule is CC#CC1(O)[C@@H](O)[C@@H]([C@@H](C)OP(=O)(O)OP(=O)(O)OP(=O)(O)O)O[C@H]1n1ccc2c(=O)[nH]c(N)nc21. The first-order valence-corrected chi connectivity index (χ1v) is 14.1. The molecule has 1 saturated heterocycles. The lowest BCUT2D eigenvalue weighted by Crippen LogP contribution is -2.47. The van der Waals surface area contributed by atoms with Crippen LogP contribution in [0.15, 0.2) is 17.1 Å². The molecule has 1 aliphatic heterocycles. The Morgan fingerprint density at radius 3 is 2.47 bits per heavy atom. The van der Waals surface area contributed by atoms with Crippen molar-refractivity contribution in [2.75, 3.05) is 5.73 Å². The molecule has 21 heteroatoms. The molecule has 36 heavy (non-hydrogen) atoms. The summed E-state index contributed by atoms with van der Waals surface area (Å²) < 4.78 is 53.3. The third kappa shape index (κ3) is 5.96. The van der Waals surface area contributed by atoms with Crippen LogP contribution in [0.4, 0.5) is 5.95 Å². The van der Waals surface area contributed by atoms with Gasteiger partial charge in [0, 0.05) is 6.20 Å². The molecule has 0 bridgehead atoms. The maximum absolute atomic E-state index is 12.2. The highest BCUT2D eigenvalue weighted by Crippen LogP contribution is 2.66. The van der Waals surface area contributed by atoms with Crippen LogP contribution in [0.3, 0.4) is 0 Å². The van der Waals surface area contributed by atoms with Crippen LogP contribution in [0.2, 0.25) is 0 Å². The summed E-state index contributed by atoms with van der Waals surface area (Å²) in [6.45, 7) is 2.38. The Morgan fingerprint density at radius 2 is 1.89 bits per heavy atom. The van der Waals surface area contributed by atoms with E-state index >= 15 is 0 Å². The van der Waals surface area contributed by atoms with Gasteiger partial charge in [0.25, 0.3) is 5.56 Å². The molecule has 200 valence electrons. The van der Waals surface area contributed by atoms with E-state index in [9.17, 15) is 38.5 Å². The van der Waals surface area contributed by atoms with Crippen LogP contribution in [-0.4, -0.2) is 68.2 Å². The standard InChI is InChI=1S/C15H21N4O14P3/c1-3-5-15(22)10(20)9(7(2)31-35(26,27)33-36(28,29)32-34(23,24)25)30-13(15)19-6-4-8-11(19)17-14(16)18-12(8)21/h4,6-7,9-10,13,20,22H,1-2H3,(H,26,27)(H,28,29)(H2,23,24,25)(H3,16,17,18,21)/t7-,9-,10+,13-,15?/m1/s1. The van der Waals surface area contributed by atoms with E-state index in [2.05, 4.69) is 35.0 Å². The molecule has 0 saturated carbocycles. The summed E-state index contributed by atoms with van der Waals surface area (Å²) >= 11 is 0. The Kier molecular flexibility index (Phi) is 7.75. The second-order valence-electron chi connectivity index (χ2n) is 7.41. The second kappa shape index (κ2) is 9.75. The average molecular weight is 574 g/mol. The van der Waals surface area contributed by atoms with Crippen molar-refractivity contribution in [3.8, 4) is 11.8 Å². The van der Waals surface area contributed by atoms with E-state index in [1.807, 2.05) is 0 Å². The number of fused-ring (bicyclic) bond motifs is 1. The van der Waals surface area contributed by atoms with Gasteiger partial charge in [0.2, 0.25) is 5.95 Å². The molecule has 1 fully saturated rings. The number of H-pyrrole nitrogens is 1. The first-order chi connectivity index (χ1) is 16.4. The van der Waals surface area contributed by atoms with Gasteiger partial charge in [0.15, 0.2) is 17.5 Å². The lowest BCUT2D eigenvalue weighted by molar-refractivity contribution is -0.0829. The molecule has 1 aliphatic rings. The number of ether oxygens (including phenoxy) is 1. The maximum Gasteiger partial charge on any atom is 0.490 e. The Hall–Kier alpha value is -1.93. The van der Waals surface area contributed by atoms with Crippen LogP contribution in [0, 0.1) is 11.8 Å². The zero-order chi connectivity index (χ0) is 27.3. The fourth-order valence-corrected chi connectivity index (χ4v) is 6.72. The fourth-order valence-electron chi connectivity index (χ4n) is 3.52. The number of aliphatic hydroxyl groups is 2. The van der Waals surface area contributed by atoms with E-state index in [0.717, 1.165) is 11.5 Å². The van der Waals surface area contributed by atoms with Gasteiger partial charge in [-0.3, -0.25) is 14.3 Å². The zero-order valence-electron chi connectivity index (χ0n) is 18.2. The van der Waals surface area contributed by atoms with Crippen molar-refractivity contribution in [2.45, 2.75) is 44.0 Å². The summed E-state index contributed by atoms with van der Waals surface area (Å²) in [4.78, 5) is 54.7. The highest BCUT2D eigenvalue weighted by Gasteiger charge is 2.58. The molecule has 7 atom stereocenters. The van der Waals surface area contributed by atoms with Crippen molar-refractivity contribution in [2.24, 2.45) is 0 Å². The maximum atomic E-state index is 12.2. The first-order valence-electron chi connectivity index (χ1n) is 9.57.